The zero-order chi connectivity index (χ0) is 31.3. The SMILES string of the molecule is Cc1cc(C)c(OC/C=C/COc2ccc(/C=C/c3cccc4c(CC5(CC(=O)O)CC5)cn(CC(=O)O)c34)cc2)c(C)c1. The molecule has 0 spiro atoms. The molecule has 7 heteroatoms. The zero-order valence-electron chi connectivity index (χ0n) is 25.5. The van der Waals surface area contributed by atoms with Gasteiger partial charge in [-0.3, -0.25) is 9.59 Å². The molecule has 4 aromatic rings. The lowest BCUT2D eigenvalue weighted by Crippen LogP contribution is -2.11. The van der Waals surface area contributed by atoms with E-state index in [1.807, 2.05) is 73.0 Å². The van der Waals surface area contributed by atoms with E-state index in [1.54, 1.807) is 4.57 Å². The Morgan fingerprint density at radius 2 is 1.57 bits per heavy atom. The number of para-hydroxylation sites is 1. The van der Waals surface area contributed by atoms with E-state index < -0.39 is 11.9 Å². The molecule has 0 radical (unpaired) electrons. The number of aryl methyl sites for hydroxylation is 3. The van der Waals surface area contributed by atoms with Crippen molar-refractivity contribution in [1.82, 2.24) is 4.57 Å². The molecule has 1 aliphatic rings. The predicted molar refractivity (Wildman–Crippen MR) is 173 cm³/mol. The lowest BCUT2D eigenvalue weighted by molar-refractivity contribution is -0.139. The van der Waals surface area contributed by atoms with Gasteiger partial charge in [-0.1, -0.05) is 60.2 Å². The van der Waals surface area contributed by atoms with Gasteiger partial charge in [0.05, 0.1) is 11.9 Å². The molecule has 5 rings (SSSR count). The van der Waals surface area contributed by atoms with Crippen molar-refractivity contribution in [1.29, 1.82) is 0 Å². The van der Waals surface area contributed by atoms with E-state index in [0.717, 1.165) is 63.1 Å². The number of hydrogen-bond donors (Lipinski definition) is 2. The number of carboxylic acid groups (broad SMARTS) is 2. The van der Waals surface area contributed by atoms with Gasteiger partial charge in [0.15, 0.2) is 0 Å². The van der Waals surface area contributed by atoms with Crippen molar-refractivity contribution in [3.8, 4) is 11.5 Å². The van der Waals surface area contributed by atoms with Crippen LogP contribution in [0, 0.1) is 26.2 Å². The van der Waals surface area contributed by atoms with E-state index in [4.69, 9.17) is 9.47 Å². The summed E-state index contributed by atoms with van der Waals surface area (Å²) in [6.45, 7) is 6.95. The minimum absolute atomic E-state index is 0.135. The van der Waals surface area contributed by atoms with Gasteiger partial charge in [0.1, 0.15) is 31.3 Å². The second kappa shape index (κ2) is 13.2. The first-order valence-corrected chi connectivity index (χ1v) is 14.9. The maximum absolute atomic E-state index is 11.7. The molecule has 1 fully saturated rings. The number of hydrogen-bond acceptors (Lipinski definition) is 4. The highest BCUT2D eigenvalue weighted by molar-refractivity contribution is 5.94. The molecule has 1 saturated carbocycles. The van der Waals surface area contributed by atoms with Crippen LogP contribution in [0.15, 0.2) is 72.9 Å². The summed E-state index contributed by atoms with van der Waals surface area (Å²) < 4.78 is 13.6. The monoisotopic (exact) mass is 593 g/mol. The van der Waals surface area contributed by atoms with Crippen LogP contribution in [0.1, 0.15) is 52.6 Å². The summed E-state index contributed by atoms with van der Waals surface area (Å²) >= 11 is 0. The summed E-state index contributed by atoms with van der Waals surface area (Å²) in [6.07, 6.45) is 12.3. The van der Waals surface area contributed by atoms with Crippen molar-refractivity contribution in [2.24, 2.45) is 5.41 Å². The highest BCUT2D eigenvalue weighted by atomic mass is 16.5. The number of aromatic nitrogens is 1. The molecule has 44 heavy (non-hydrogen) atoms. The molecule has 1 aromatic heterocycles. The normalized spacial score (nSPS) is 14.0. The first-order valence-electron chi connectivity index (χ1n) is 14.9. The lowest BCUT2D eigenvalue weighted by Gasteiger charge is -2.11. The van der Waals surface area contributed by atoms with E-state index in [-0.39, 0.29) is 18.4 Å². The zero-order valence-corrected chi connectivity index (χ0v) is 25.5. The average Bonchev–Trinajstić information content (AvgIpc) is 3.63. The van der Waals surface area contributed by atoms with Gasteiger partial charge in [-0.05, 0) is 97.6 Å². The number of aliphatic carboxylic acids is 2. The smallest absolute Gasteiger partial charge is 0.323 e. The summed E-state index contributed by atoms with van der Waals surface area (Å²) in [5.41, 5.74) is 7.00. The van der Waals surface area contributed by atoms with Crippen molar-refractivity contribution in [2.45, 2.75) is 53.0 Å². The molecule has 7 nitrogen and oxygen atoms in total. The Morgan fingerprint density at radius 1 is 0.886 bits per heavy atom. The molecule has 0 bridgehead atoms. The highest BCUT2D eigenvalue weighted by Crippen LogP contribution is 2.52. The molecule has 2 N–H and O–H groups in total. The topological polar surface area (TPSA) is 98.0 Å². The van der Waals surface area contributed by atoms with Crippen LogP contribution in [0.5, 0.6) is 11.5 Å². The molecular weight excluding hydrogens is 554 g/mol. The van der Waals surface area contributed by atoms with Crippen LogP contribution in [-0.2, 0) is 22.6 Å². The van der Waals surface area contributed by atoms with Gasteiger partial charge in [-0.2, -0.15) is 0 Å². The highest BCUT2D eigenvalue weighted by Gasteiger charge is 2.44. The van der Waals surface area contributed by atoms with Crippen LogP contribution >= 0.6 is 0 Å². The Balaban J connectivity index is 1.22. The summed E-state index contributed by atoms with van der Waals surface area (Å²) in [4.78, 5) is 23.1. The number of ether oxygens (including phenoxy) is 2. The summed E-state index contributed by atoms with van der Waals surface area (Å²) in [7, 11) is 0. The van der Waals surface area contributed by atoms with E-state index in [9.17, 15) is 19.8 Å². The number of benzene rings is 3. The Morgan fingerprint density at radius 3 is 2.20 bits per heavy atom. The molecular formula is C37H39NO6. The van der Waals surface area contributed by atoms with Gasteiger partial charge in [-0.15, -0.1) is 0 Å². The Labute approximate surface area is 258 Å². The number of nitrogens with zero attached hydrogens (tertiary/aromatic N) is 1. The van der Waals surface area contributed by atoms with Crippen molar-refractivity contribution in [3.05, 3.63) is 106 Å². The second-order valence-electron chi connectivity index (χ2n) is 11.9. The molecule has 1 aliphatic carbocycles. The summed E-state index contributed by atoms with van der Waals surface area (Å²) in [5.74, 6) is -0.0236. The summed E-state index contributed by atoms with van der Waals surface area (Å²) in [6, 6.07) is 18.0. The van der Waals surface area contributed by atoms with Crippen molar-refractivity contribution in [2.75, 3.05) is 13.2 Å². The Kier molecular flexibility index (Phi) is 9.23. The van der Waals surface area contributed by atoms with Gasteiger partial charge in [0.2, 0.25) is 0 Å². The molecule has 0 unspecified atom stereocenters. The number of carbonyl (C=O) groups is 2. The fraction of sp³-hybridized carbons (Fsp3) is 0.297. The first kappa shape index (κ1) is 30.7. The Bertz CT molecular complexity index is 1700. The van der Waals surface area contributed by atoms with Crippen molar-refractivity contribution < 1.29 is 29.3 Å². The van der Waals surface area contributed by atoms with Crippen LogP contribution in [0.25, 0.3) is 23.1 Å². The van der Waals surface area contributed by atoms with Crippen LogP contribution in [0.2, 0.25) is 0 Å². The van der Waals surface area contributed by atoms with Gasteiger partial charge in [-0.25, -0.2) is 0 Å². The van der Waals surface area contributed by atoms with E-state index in [1.165, 1.54) is 5.56 Å². The fourth-order valence-electron chi connectivity index (χ4n) is 5.99. The van der Waals surface area contributed by atoms with Gasteiger partial charge >= 0.3 is 11.9 Å². The third-order valence-corrected chi connectivity index (χ3v) is 8.14. The van der Waals surface area contributed by atoms with Gasteiger partial charge in [0.25, 0.3) is 0 Å². The maximum Gasteiger partial charge on any atom is 0.323 e. The second-order valence-corrected chi connectivity index (χ2v) is 11.9. The lowest BCUT2D eigenvalue weighted by atomic mass is 9.92. The number of fused-ring (bicyclic) bond motifs is 1. The minimum Gasteiger partial charge on any atom is -0.490 e. The quantitative estimate of drug-likeness (QED) is 0.115. The molecule has 0 saturated heterocycles. The fourth-order valence-corrected chi connectivity index (χ4v) is 5.99. The molecule has 3 aromatic carbocycles. The number of carboxylic acids is 2. The molecule has 0 amide bonds. The average molecular weight is 594 g/mol. The van der Waals surface area contributed by atoms with E-state index in [0.29, 0.717) is 19.6 Å². The van der Waals surface area contributed by atoms with Crippen LogP contribution in [0.4, 0.5) is 0 Å². The van der Waals surface area contributed by atoms with E-state index >= 15 is 0 Å². The summed E-state index contributed by atoms with van der Waals surface area (Å²) in [5, 5.41) is 19.9. The standard InChI is InChI=1S/C37H39NO6/c1-25-19-26(2)36(27(3)20-25)44-18-5-4-17-43-31-13-10-28(11-14-31)9-12-29-7-6-8-32-30(21-37(15-16-37)22-33(39)40)23-38(35(29)32)24-34(41)42/h4-14,19-20,23H,15-18,21-22,24H2,1-3H3,(H,39,40)(H,41,42)/b5-4+,12-9+. The third-order valence-electron chi connectivity index (χ3n) is 8.14. The predicted octanol–water partition coefficient (Wildman–Crippen LogP) is 7.63. The molecule has 228 valence electrons. The van der Waals surface area contributed by atoms with Crippen molar-refractivity contribution in [3.63, 3.8) is 0 Å². The Hall–Kier alpha value is -4.78. The van der Waals surface area contributed by atoms with Gasteiger partial charge in [0, 0.05) is 11.6 Å². The largest absolute Gasteiger partial charge is 0.490 e. The van der Waals surface area contributed by atoms with Gasteiger partial charge < -0.3 is 24.3 Å². The molecule has 0 atom stereocenters. The minimum atomic E-state index is -0.923. The molecule has 1 heterocycles. The van der Waals surface area contributed by atoms with Crippen LogP contribution in [0.3, 0.4) is 0 Å². The van der Waals surface area contributed by atoms with E-state index in [2.05, 4.69) is 32.9 Å². The third kappa shape index (κ3) is 7.59. The van der Waals surface area contributed by atoms with Crippen molar-refractivity contribution >= 4 is 35.0 Å². The van der Waals surface area contributed by atoms with Crippen LogP contribution in [-0.4, -0.2) is 39.9 Å². The van der Waals surface area contributed by atoms with Crippen LogP contribution < -0.4 is 9.47 Å². The first-order chi connectivity index (χ1) is 21.1. The molecule has 0 aliphatic heterocycles. The number of rotatable bonds is 14. The maximum atomic E-state index is 11.7.